The first-order chi connectivity index (χ1) is 9.29. The Balaban J connectivity index is 1.91. The molecule has 0 radical (unpaired) electrons. The van der Waals surface area contributed by atoms with Crippen LogP contribution in [0, 0.1) is 5.82 Å². The number of morpholine rings is 1. The molecule has 0 aliphatic carbocycles. The van der Waals surface area contributed by atoms with Crippen molar-refractivity contribution in [3.05, 3.63) is 35.6 Å². The Kier molecular flexibility index (Phi) is 5.76. The van der Waals surface area contributed by atoms with Crippen LogP contribution in [0.25, 0.3) is 0 Å². The maximum absolute atomic E-state index is 13.2. The lowest BCUT2D eigenvalue weighted by Gasteiger charge is -2.35. The lowest BCUT2D eigenvalue weighted by molar-refractivity contribution is -0.0109. The van der Waals surface area contributed by atoms with Crippen molar-refractivity contribution >= 4 is 0 Å². The molecule has 2 rings (SSSR count). The molecule has 1 unspecified atom stereocenters. The fourth-order valence-electron chi connectivity index (χ4n) is 2.40. The van der Waals surface area contributed by atoms with Crippen molar-refractivity contribution in [1.29, 1.82) is 0 Å². The summed E-state index contributed by atoms with van der Waals surface area (Å²) in [5.74, 6) is -0.161. The first-order valence-electron chi connectivity index (χ1n) is 7.06. The van der Waals surface area contributed by atoms with E-state index in [1.54, 1.807) is 12.1 Å². The van der Waals surface area contributed by atoms with Gasteiger partial charge in [0.2, 0.25) is 0 Å². The van der Waals surface area contributed by atoms with Crippen molar-refractivity contribution in [2.24, 2.45) is 0 Å². The highest BCUT2D eigenvalue weighted by atomic mass is 19.1. The molecule has 1 atom stereocenters. The van der Waals surface area contributed by atoms with Crippen molar-refractivity contribution in [3.8, 4) is 0 Å². The molecule has 1 aromatic rings. The minimum Gasteiger partial charge on any atom is -0.378 e. The predicted octanol–water partition coefficient (Wildman–Crippen LogP) is 2.03. The second-order valence-electron chi connectivity index (χ2n) is 5.03. The summed E-state index contributed by atoms with van der Waals surface area (Å²) in [4.78, 5) is 2.38. The van der Waals surface area contributed by atoms with Crippen molar-refractivity contribution in [3.63, 3.8) is 0 Å². The van der Waals surface area contributed by atoms with Crippen LogP contribution in [0.15, 0.2) is 24.3 Å². The maximum Gasteiger partial charge on any atom is 0.123 e. The third-order valence-electron chi connectivity index (χ3n) is 3.43. The van der Waals surface area contributed by atoms with E-state index >= 15 is 0 Å². The molecule has 0 bridgehead atoms. The Bertz CT molecular complexity index is 386. The van der Waals surface area contributed by atoms with E-state index in [0.29, 0.717) is 6.04 Å². The van der Waals surface area contributed by atoms with Gasteiger partial charge in [-0.3, -0.25) is 4.90 Å². The van der Waals surface area contributed by atoms with E-state index in [9.17, 15) is 4.39 Å². The van der Waals surface area contributed by atoms with E-state index in [1.807, 2.05) is 6.07 Å². The van der Waals surface area contributed by atoms with Crippen LogP contribution in [0.4, 0.5) is 4.39 Å². The number of rotatable bonds is 6. The van der Waals surface area contributed by atoms with Crippen LogP contribution in [0.2, 0.25) is 0 Å². The molecule has 0 amide bonds. The van der Waals surface area contributed by atoms with Crippen molar-refractivity contribution < 1.29 is 9.13 Å². The van der Waals surface area contributed by atoms with Gasteiger partial charge in [-0.05, 0) is 30.7 Å². The quantitative estimate of drug-likeness (QED) is 0.797. The molecule has 1 N–H and O–H groups in total. The second-order valence-corrected chi connectivity index (χ2v) is 5.03. The van der Waals surface area contributed by atoms with Gasteiger partial charge >= 0.3 is 0 Å². The lowest BCUT2D eigenvalue weighted by Crippen LogP contribution is -2.49. The van der Waals surface area contributed by atoms with Crippen molar-refractivity contribution in [2.45, 2.75) is 25.9 Å². The molecule has 1 aliphatic heterocycles. The molecule has 0 saturated carbocycles. The third-order valence-corrected chi connectivity index (χ3v) is 3.43. The van der Waals surface area contributed by atoms with Crippen LogP contribution >= 0.6 is 0 Å². The molecule has 4 heteroatoms. The molecule has 3 nitrogen and oxygen atoms in total. The number of nitrogens with zero attached hydrogens (tertiary/aromatic N) is 1. The number of hydrogen-bond donors (Lipinski definition) is 1. The Hall–Kier alpha value is -0.970. The second kappa shape index (κ2) is 7.58. The number of halogens is 1. The Morgan fingerprint density at radius 1 is 1.47 bits per heavy atom. The molecule has 1 heterocycles. The Morgan fingerprint density at radius 2 is 2.37 bits per heavy atom. The molecule has 1 saturated heterocycles. The van der Waals surface area contributed by atoms with E-state index in [4.69, 9.17) is 4.74 Å². The van der Waals surface area contributed by atoms with Gasteiger partial charge < -0.3 is 10.1 Å². The summed E-state index contributed by atoms with van der Waals surface area (Å²) >= 11 is 0. The minimum absolute atomic E-state index is 0.161. The van der Waals surface area contributed by atoms with Crippen LogP contribution in [0.5, 0.6) is 0 Å². The van der Waals surface area contributed by atoms with Gasteiger partial charge in [0.05, 0.1) is 13.2 Å². The van der Waals surface area contributed by atoms with Crippen LogP contribution in [0.3, 0.4) is 0 Å². The van der Waals surface area contributed by atoms with Crippen LogP contribution in [-0.2, 0) is 11.3 Å². The van der Waals surface area contributed by atoms with Gasteiger partial charge in [-0.25, -0.2) is 4.39 Å². The highest BCUT2D eigenvalue weighted by molar-refractivity contribution is 5.16. The average Bonchev–Trinajstić information content (AvgIpc) is 2.41. The zero-order valence-electron chi connectivity index (χ0n) is 11.6. The van der Waals surface area contributed by atoms with Gasteiger partial charge in [-0.1, -0.05) is 19.1 Å². The monoisotopic (exact) mass is 266 g/mol. The largest absolute Gasteiger partial charge is 0.378 e. The molecule has 1 aliphatic rings. The molecule has 0 aromatic heterocycles. The smallest absolute Gasteiger partial charge is 0.123 e. The van der Waals surface area contributed by atoms with E-state index in [2.05, 4.69) is 17.1 Å². The molecular formula is C15H23FN2O. The Morgan fingerprint density at radius 3 is 3.16 bits per heavy atom. The summed E-state index contributed by atoms with van der Waals surface area (Å²) < 4.78 is 18.8. The van der Waals surface area contributed by atoms with E-state index < -0.39 is 0 Å². The zero-order chi connectivity index (χ0) is 13.5. The summed E-state index contributed by atoms with van der Waals surface area (Å²) in [7, 11) is 0. The van der Waals surface area contributed by atoms with Gasteiger partial charge in [0.15, 0.2) is 0 Å². The van der Waals surface area contributed by atoms with Gasteiger partial charge in [0, 0.05) is 25.7 Å². The van der Waals surface area contributed by atoms with E-state index in [-0.39, 0.29) is 5.82 Å². The molecular weight excluding hydrogens is 243 g/mol. The number of nitrogens with one attached hydrogen (secondary N) is 1. The highest BCUT2D eigenvalue weighted by Gasteiger charge is 2.22. The average molecular weight is 266 g/mol. The van der Waals surface area contributed by atoms with Crippen LogP contribution in [-0.4, -0.2) is 43.8 Å². The minimum atomic E-state index is -0.161. The zero-order valence-corrected chi connectivity index (χ0v) is 11.6. The number of ether oxygens (including phenoxy) is 1. The molecule has 0 spiro atoms. The van der Waals surface area contributed by atoms with Gasteiger partial charge in [-0.2, -0.15) is 0 Å². The Labute approximate surface area is 114 Å². The first-order valence-corrected chi connectivity index (χ1v) is 7.06. The first kappa shape index (κ1) is 14.4. The topological polar surface area (TPSA) is 24.5 Å². The molecule has 19 heavy (non-hydrogen) atoms. The standard InChI is InChI=1S/C15H23FN2O/c1-2-6-17-10-15-12-19-8-7-18(15)11-13-4-3-5-14(16)9-13/h3-5,9,15,17H,2,6-8,10-12H2,1H3. The predicted molar refractivity (Wildman–Crippen MR) is 74.6 cm³/mol. The van der Waals surface area contributed by atoms with Gasteiger partial charge in [0.25, 0.3) is 0 Å². The maximum atomic E-state index is 13.2. The number of hydrogen-bond acceptors (Lipinski definition) is 3. The molecule has 1 aromatic carbocycles. The van der Waals surface area contributed by atoms with Crippen LogP contribution in [0.1, 0.15) is 18.9 Å². The van der Waals surface area contributed by atoms with E-state index in [0.717, 1.165) is 51.4 Å². The fourth-order valence-corrected chi connectivity index (χ4v) is 2.40. The third kappa shape index (κ3) is 4.56. The van der Waals surface area contributed by atoms with Crippen molar-refractivity contribution in [1.82, 2.24) is 10.2 Å². The van der Waals surface area contributed by atoms with Gasteiger partial charge in [0.1, 0.15) is 5.82 Å². The van der Waals surface area contributed by atoms with Crippen LogP contribution < -0.4 is 5.32 Å². The molecule has 1 fully saturated rings. The number of benzene rings is 1. The van der Waals surface area contributed by atoms with Gasteiger partial charge in [-0.15, -0.1) is 0 Å². The summed E-state index contributed by atoms with van der Waals surface area (Å²) in [6.45, 7) is 7.35. The summed E-state index contributed by atoms with van der Waals surface area (Å²) in [5.41, 5.74) is 1.03. The summed E-state index contributed by atoms with van der Waals surface area (Å²) in [6, 6.07) is 7.24. The highest BCUT2D eigenvalue weighted by Crippen LogP contribution is 2.13. The van der Waals surface area contributed by atoms with Crippen molar-refractivity contribution in [2.75, 3.05) is 32.8 Å². The normalized spacial score (nSPS) is 20.6. The van der Waals surface area contributed by atoms with E-state index in [1.165, 1.54) is 6.07 Å². The lowest BCUT2D eigenvalue weighted by atomic mass is 10.1. The SMILES string of the molecule is CCCNCC1COCCN1Cc1cccc(F)c1. The summed E-state index contributed by atoms with van der Waals surface area (Å²) in [6.07, 6.45) is 1.14. The summed E-state index contributed by atoms with van der Waals surface area (Å²) in [5, 5.41) is 3.44. The molecule has 106 valence electrons. The fraction of sp³-hybridized carbons (Fsp3) is 0.600.